The number of carboxylic acids is 1. The fourth-order valence-electron chi connectivity index (χ4n) is 2.12. The van der Waals surface area contributed by atoms with Crippen LogP contribution in [0.4, 0.5) is 5.69 Å². The van der Waals surface area contributed by atoms with Crippen molar-refractivity contribution in [1.82, 2.24) is 19.6 Å². The molecule has 2 amide bonds. The van der Waals surface area contributed by atoms with Gasteiger partial charge in [0.15, 0.2) is 0 Å². The van der Waals surface area contributed by atoms with Gasteiger partial charge in [0.1, 0.15) is 17.4 Å². The molecule has 1 unspecified atom stereocenters. The van der Waals surface area contributed by atoms with E-state index in [4.69, 9.17) is 10.8 Å². The van der Waals surface area contributed by atoms with Gasteiger partial charge < -0.3 is 16.2 Å². The number of hydrogen-bond donors (Lipinski definition) is 3. The lowest BCUT2D eigenvalue weighted by atomic mass is 10.2. The maximum atomic E-state index is 12.3. The van der Waals surface area contributed by atoms with E-state index in [1.54, 1.807) is 6.92 Å². The Morgan fingerprint density at radius 3 is 2.65 bits per heavy atom. The second-order valence-corrected chi connectivity index (χ2v) is 4.72. The molecule has 0 bridgehead atoms. The zero-order chi connectivity index (χ0) is 17.1. The minimum Gasteiger partial charge on any atom is -0.477 e. The van der Waals surface area contributed by atoms with Gasteiger partial charge in [0.25, 0.3) is 5.91 Å². The highest BCUT2D eigenvalue weighted by atomic mass is 16.4. The lowest BCUT2D eigenvalue weighted by molar-refractivity contribution is -0.119. The molecular weight excluding hydrogens is 304 g/mol. The number of carboxylic acid groups (broad SMARTS) is 1. The molecule has 1 atom stereocenters. The van der Waals surface area contributed by atoms with E-state index in [1.807, 2.05) is 0 Å². The minimum atomic E-state index is -1.20. The molecule has 0 aliphatic rings. The first-order chi connectivity index (χ1) is 10.9. The Labute approximate surface area is 130 Å². The van der Waals surface area contributed by atoms with Gasteiger partial charge in [0.05, 0.1) is 11.9 Å². The number of aryl methyl sites for hydroxylation is 1. The summed E-state index contributed by atoms with van der Waals surface area (Å²) in [5.74, 6) is -2.47. The number of rotatable bonds is 6. The highest BCUT2D eigenvalue weighted by Crippen LogP contribution is 2.17. The second-order valence-electron chi connectivity index (χ2n) is 4.72. The van der Waals surface area contributed by atoms with Crippen LogP contribution in [0.2, 0.25) is 0 Å². The zero-order valence-electron chi connectivity index (χ0n) is 12.6. The molecular formula is C13H16N6O4. The zero-order valence-corrected chi connectivity index (χ0v) is 12.6. The van der Waals surface area contributed by atoms with Crippen molar-refractivity contribution >= 4 is 23.5 Å². The number of nitrogens with one attached hydrogen (secondary N) is 1. The third-order valence-corrected chi connectivity index (χ3v) is 3.27. The third-order valence-electron chi connectivity index (χ3n) is 3.27. The molecule has 4 N–H and O–H groups in total. The fraction of sp³-hybridized carbons (Fsp3) is 0.308. The van der Waals surface area contributed by atoms with E-state index >= 15 is 0 Å². The lowest BCUT2D eigenvalue weighted by Crippen LogP contribution is -2.28. The molecule has 2 aromatic heterocycles. The van der Waals surface area contributed by atoms with E-state index in [-0.39, 0.29) is 17.1 Å². The Morgan fingerprint density at radius 1 is 1.39 bits per heavy atom. The number of aromatic nitrogens is 4. The molecule has 23 heavy (non-hydrogen) atoms. The lowest BCUT2D eigenvalue weighted by Gasteiger charge is -2.14. The number of hydrogen-bond acceptors (Lipinski definition) is 5. The van der Waals surface area contributed by atoms with E-state index in [9.17, 15) is 14.4 Å². The summed E-state index contributed by atoms with van der Waals surface area (Å²) in [5, 5.41) is 19.4. The second kappa shape index (κ2) is 6.30. The summed E-state index contributed by atoms with van der Waals surface area (Å²) >= 11 is 0. The van der Waals surface area contributed by atoms with Crippen LogP contribution in [0.3, 0.4) is 0 Å². The third kappa shape index (κ3) is 3.05. The maximum absolute atomic E-state index is 12.3. The van der Waals surface area contributed by atoms with Gasteiger partial charge in [-0.05, 0) is 19.9 Å². The Kier molecular flexibility index (Phi) is 4.44. The highest BCUT2D eigenvalue weighted by Gasteiger charge is 2.24. The Bertz CT molecular complexity index is 762. The first-order valence-electron chi connectivity index (χ1n) is 6.80. The van der Waals surface area contributed by atoms with Crippen molar-refractivity contribution in [2.24, 2.45) is 5.73 Å². The van der Waals surface area contributed by atoms with Gasteiger partial charge in [0.2, 0.25) is 5.91 Å². The van der Waals surface area contributed by atoms with Gasteiger partial charge in [-0.25, -0.2) is 9.48 Å². The molecule has 2 aromatic rings. The Morgan fingerprint density at radius 2 is 2.09 bits per heavy atom. The molecule has 10 heteroatoms. The van der Waals surface area contributed by atoms with Crippen molar-refractivity contribution < 1.29 is 19.5 Å². The molecule has 0 saturated heterocycles. The number of carbonyl (C=O) groups excluding carboxylic acids is 2. The topological polar surface area (TPSA) is 145 Å². The van der Waals surface area contributed by atoms with Crippen LogP contribution in [0.15, 0.2) is 18.5 Å². The van der Waals surface area contributed by atoms with Crippen molar-refractivity contribution in [2.75, 3.05) is 5.32 Å². The summed E-state index contributed by atoms with van der Waals surface area (Å²) in [6.07, 6.45) is 2.60. The average molecular weight is 320 g/mol. The predicted molar refractivity (Wildman–Crippen MR) is 78.9 cm³/mol. The van der Waals surface area contributed by atoms with E-state index in [0.29, 0.717) is 6.54 Å². The molecule has 0 spiro atoms. The smallest absolute Gasteiger partial charge is 0.354 e. The van der Waals surface area contributed by atoms with Crippen LogP contribution in [0, 0.1) is 0 Å². The number of anilines is 1. The molecule has 0 aliphatic carbocycles. The van der Waals surface area contributed by atoms with Crippen molar-refractivity contribution in [1.29, 1.82) is 0 Å². The van der Waals surface area contributed by atoms with Crippen LogP contribution in [0.25, 0.3) is 0 Å². The number of nitrogens with zero attached hydrogens (tertiary/aromatic N) is 4. The van der Waals surface area contributed by atoms with E-state index in [2.05, 4.69) is 15.5 Å². The van der Waals surface area contributed by atoms with Crippen molar-refractivity contribution in [3.63, 3.8) is 0 Å². The van der Waals surface area contributed by atoms with Gasteiger partial charge in [-0.1, -0.05) is 0 Å². The summed E-state index contributed by atoms with van der Waals surface area (Å²) < 4.78 is 2.44. The van der Waals surface area contributed by atoms with Gasteiger partial charge >= 0.3 is 5.97 Å². The average Bonchev–Trinajstić information content (AvgIpc) is 3.12. The normalized spacial score (nSPS) is 11.9. The molecule has 0 aliphatic heterocycles. The Hall–Kier alpha value is -3.17. The molecule has 0 aromatic carbocycles. The van der Waals surface area contributed by atoms with E-state index in [1.165, 1.54) is 30.1 Å². The summed E-state index contributed by atoms with van der Waals surface area (Å²) in [5.41, 5.74) is 5.42. The van der Waals surface area contributed by atoms with Gasteiger partial charge in [-0.2, -0.15) is 10.2 Å². The summed E-state index contributed by atoms with van der Waals surface area (Å²) in [6.45, 7) is 3.67. The molecule has 0 saturated carbocycles. The summed E-state index contributed by atoms with van der Waals surface area (Å²) in [7, 11) is 0. The fourth-order valence-corrected chi connectivity index (χ4v) is 2.12. The number of carbonyl (C=O) groups is 3. The predicted octanol–water partition coefficient (Wildman–Crippen LogP) is 0.0963. The van der Waals surface area contributed by atoms with E-state index < -0.39 is 23.8 Å². The van der Waals surface area contributed by atoms with Crippen molar-refractivity contribution in [2.45, 2.75) is 26.4 Å². The minimum absolute atomic E-state index is 0.0759. The van der Waals surface area contributed by atoms with Gasteiger partial charge in [-0.15, -0.1) is 0 Å². The molecule has 2 rings (SSSR count). The molecule has 0 radical (unpaired) electrons. The van der Waals surface area contributed by atoms with Crippen LogP contribution >= 0.6 is 0 Å². The van der Waals surface area contributed by atoms with Crippen LogP contribution < -0.4 is 11.1 Å². The van der Waals surface area contributed by atoms with E-state index in [0.717, 1.165) is 4.68 Å². The standard InChI is InChI=1S/C13H16N6O4/c1-3-18-10(11(14)20)8(6-16-18)17-12(21)7(2)19-9(13(22)23)4-5-15-19/h4-7H,3H2,1-2H3,(H2,14,20)(H,17,21)(H,22,23). The van der Waals surface area contributed by atoms with Crippen molar-refractivity contribution in [3.8, 4) is 0 Å². The molecule has 0 fully saturated rings. The summed E-state index contributed by atoms with van der Waals surface area (Å²) in [6, 6.07) is 0.387. The van der Waals surface area contributed by atoms with Crippen molar-refractivity contribution in [3.05, 3.63) is 29.8 Å². The molecule has 122 valence electrons. The van der Waals surface area contributed by atoms with Crippen LogP contribution in [-0.2, 0) is 11.3 Å². The maximum Gasteiger partial charge on any atom is 0.354 e. The molecule has 2 heterocycles. The van der Waals surface area contributed by atoms with Crippen LogP contribution in [-0.4, -0.2) is 42.5 Å². The first kappa shape index (κ1) is 16.2. The quantitative estimate of drug-likeness (QED) is 0.688. The number of primary amides is 1. The highest BCUT2D eigenvalue weighted by molar-refractivity contribution is 6.02. The largest absolute Gasteiger partial charge is 0.477 e. The molecule has 10 nitrogen and oxygen atoms in total. The monoisotopic (exact) mass is 320 g/mol. The van der Waals surface area contributed by atoms with Crippen LogP contribution in [0.5, 0.6) is 0 Å². The number of amides is 2. The van der Waals surface area contributed by atoms with Gasteiger partial charge in [0, 0.05) is 12.7 Å². The number of aromatic carboxylic acids is 1. The van der Waals surface area contributed by atoms with Crippen LogP contribution in [0.1, 0.15) is 40.9 Å². The first-order valence-corrected chi connectivity index (χ1v) is 6.80. The van der Waals surface area contributed by atoms with Gasteiger partial charge in [-0.3, -0.25) is 14.3 Å². The SMILES string of the molecule is CCn1ncc(NC(=O)C(C)n2nccc2C(=O)O)c1C(N)=O. The Balaban J connectivity index is 2.25. The number of nitrogens with two attached hydrogens (primary N) is 1. The summed E-state index contributed by atoms with van der Waals surface area (Å²) in [4.78, 5) is 34.9.